The largest absolute Gasteiger partial charge is 0.493 e. The third-order valence-corrected chi connectivity index (χ3v) is 3.52. The highest BCUT2D eigenvalue weighted by Gasteiger charge is 2.10. The second-order valence-corrected chi connectivity index (χ2v) is 5.07. The maximum absolute atomic E-state index is 5.82. The third-order valence-electron chi connectivity index (χ3n) is 2.68. The van der Waals surface area contributed by atoms with E-state index >= 15 is 0 Å². The van der Waals surface area contributed by atoms with Gasteiger partial charge in [-0.25, -0.2) is 0 Å². The van der Waals surface area contributed by atoms with E-state index in [4.69, 9.17) is 14.2 Å². The average Bonchev–Trinajstić information content (AvgIpc) is 2.46. The van der Waals surface area contributed by atoms with E-state index in [-0.39, 0.29) is 0 Å². The fourth-order valence-electron chi connectivity index (χ4n) is 1.68. The van der Waals surface area contributed by atoms with Gasteiger partial charge in [0.05, 0.1) is 17.8 Å². The summed E-state index contributed by atoms with van der Waals surface area (Å²) in [5.41, 5.74) is 1.13. The highest BCUT2D eigenvalue weighted by atomic mass is 127. The van der Waals surface area contributed by atoms with Gasteiger partial charge < -0.3 is 14.2 Å². The maximum Gasteiger partial charge on any atom is 0.164 e. The molecule has 0 aliphatic carbocycles. The molecule has 3 nitrogen and oxygen atoms in total. The van der Waals surface area contributed by atoms with Gasteiger partial charge in [0.15, 0.2) is 11.5 Å². The molecule has 0 aromatic heterocycles. The number of methoxy groups -OCH3 is 2. The molecule has 0 saturated carbocycles. The molecular weight excluding hydrogens is 355 g/mol. The number of hydrogen-bond donors (Lipinski definition) is 0. The molecule has 0 unspecified atom stereocenters. The predicted molar refractivity (Wildman–Crippen MR) is 83.0 cm³/mol. The first kappa shape index (κ1) is 14.0. The first-order valence-corrected chi connectivity index (χ1v) is 6.90. The van der Waals surface area contributed by atoms with Crippen molar-refractivity contribution in [3.05, 3.63) is 51.6 Å². The van der Waals surface area contributed by atoms with Crippen LogP contribution in [0.4, 0.5) is 0 Å². The fourth-order valence-corrected chi connectivity index (χ4v) is 2.28. The zero-order chi connectivity index (χ0) is 13.7. The summed E-state index contributed by atoms with van der Waals surface area (Å²) in [4.78, 5) is 0. The standard InChI is InChI=1S/C15H15IO3/c1-17-14-8-12(16)13(9-15(14)18-2)19-10-11-6-4-3-5-7-11/h3-9H,10H2,1-2H3. The van der Waals surface area contributed by atoms with Gasteiger partial charge in [0.2, 0.25) is 0 Å². The van der Waals surface area contributed by atoms with E-state index < -0.39 is 0 Å². The number of hydrogen-bond acceptors (Lipinski definition) is 3. The third kappa shape index (κ3) is 3.53. The Hall–Kier alpha value is -1.43. The lowest BCUT2D eigenvalue weighted by Crippen LogP contribution is -1.99. The van der Waals surface area contributed by atoms with Gasteiger partial charge in [-0.3, -0.25) is 0 Å². The van der Waals surface area contributed by atoms with Crippen molar-refractivity contribution in [3.8, 4) is 17.2 Å². The Bertz CT molecular complexity index is 541. The lowest BCUT2D eigenvalue weighted by Gasteiger charge is -2.13. The van der Waals surface area contributed by atoms with Crippen molar-refractivity contribution in [2.45, 2.75) is 6.61 Å². The van der Waals surface area contributed by atoms with Gasteiger partial charge in [0, 0.05) is 12.1 Å². The monoisotopic (exact) mass is 370 g/mol. The number of ether oxygens (including phenoxy) is 3. The van der Waals surface area contributed by atoms with E-state index in [0.717, 1.165) is 14.9 Å². The van der Waals surface area contributed by atoms with Gasteiger partial charge in [0.25, 0.3) is 0 Å². The second kappa shape index (κ2) is 6.65. The molecular formula is C15H15IO3. The minimum absolute atomic E-state index is 0.534. The summed E-state index contributed by atoms with van der Waals surface area (Å²) in [6, 6.07) is 13.8. The molecule has 100 valence electrons. The van der Waals surface area contributed by atoms with Gasteiger partial charge >= 0.3 is 0 Å². The van der Waals surface area contributed by atoms with Crippen molar-refractivity contribution >= 4 is 22.6 Å². The Balaban J connectivity index is 2.16. The highest BCUT2D eigenvalue weighted by Crippen LogP contribution is 2.35. The molecule has 2 aromatic carbocycles. The minimum atomic E-state index is 0.534. The van der Waals surface area contributed by atoms with Crippen molar-refractivity contribution in [2.24, 2.45) is 0 Å². The summed E-state index contributed by atoms with van der Waals surface area (Å²) in [7, 11) is 3.24. The number of rotatable bonds is 5. The molecule has 0 spiro atoms. The number of halogens is 1. The van der Waals surface area contributed by atoms with Crippen LogP contribution in [0.25, 0.3) is 0 Å². The molecule has 0 heterocycles. The van der Waals surface area contributed by atoms with Crippen molar-refractivity contribution in [1.82, 2.24) is 0 Å². The molecule has 2 rings (SSSR count). The van der Waals surface area contributed by atoms with Crippen molar-refractivity contribution < 1.29 is 14.2 Å². The number of benzene rings is 2. The van der Waals surface area contributed by atoms with Crippen LogP contribution in [0.15, 0.2) is 42.5 Å². The molecule has 0 fully saturated rings. The maximum atomic E-state index is 5.82. The molecule has 19 heavy (non-hydrogen) atoms. The average molecular weight is 370 g/mol. The Morgan fingerprint density at radius 1 is 0.895 bits per heavy atom. The Kier molecular flexibility index (Phi) is 4.90. The van der Waals surface area contributed by atoms with Crippen LogP contribution in [0.3, 0.4) is 0 Å². The van der Waals surface area contributed by atoms with E-state index in [1.807, 2.05) is 42.5 Å². The molecule has 0 aliphatic rings. The van der Waals surface area contributed by atoms with Crippen LogP contribution >= 0.6 is 22.6 Å². The van der Waals surface area contributed by atoms with Gasteiger partial charge in [-0.05, 0) is 28.2 Å². The molecule has 0 N–H and O–H groups in total. The van der Waals surface area contributed by atoms with Gasteiger partial charge in [-0.15, -0.1) is 0 Å². The zero-order valence-electron chi connectivity index (χ0n) is 10.9. The molecule has 0 amide bonds. The first-order valence-electron chi connectivity index (χ1n) is 5.83. The van der Waals surface area contributed by atoms with Gasteiger partial charge in [-0.2, -0.15) is 0 Å². The summed E-state index contributed by atoms with van der Waals surface area (Å²) in [6.07, 6.45) is 0. The zero-order valence-corrected chi connectivity index (χ0v) is 13.0. The molecule has 0 saturated heterocycles. The summed E-state index contributed by atoms with van der Waals surface area (Å²) >= 11 is 2.22. The lowest BCUT2D eigenvalue weighted by molar-refractivity contribution is 0.298. The summed E-state index contributed by atoms with van der Waals surface area (Å²) in [5, 5.41) is 0. The van der Waals surface area contributed by atoms with Crippen molar-refractivity contribution in [1.29, 1.82) is 0 Å². The Labute approximate surface area is 126 Å². The first-order chi connectivity index (χ1) is 9.24. The topological polar surface area (TPSA) is 27.7 Å². The Morgan fingerprint density at radius 2 is 1.53 bits per heavy atom. The van der Waals surface area contributed by atoms with Crippen molar-refractivity contribution in [2.75, 3.05) is 14.2 Å². The molecule has 2 aromatic rings. The molecule has 0 radical (unpaired) electrons. The molecule has 0 atom stereocenters. The van der Waals surface area contributed by atoms with Crippen LogP contribution in [-0.4, -0.2) is 14.2 Å². The molecule has 0 aliphatic heterocycles. The van der Waals surface area contributed by atoms with Crippen LogP contribution in [0.1, 0.15) is 5.56 Å². The van der Waals surface area contributed by atoms with Crippen LogP contribution < -0.4 is 14.2 Å². The fraction of sp³-hybridized carbons (Fsp3) is 0.200. The minimum Gasteiger partial charge on any atom is -0.493 e. The summed E-state index contributed by atoms with van der Waals surface area (Å²) in [6.45, 7) is 0.534. The smallest absolute Gasteiger partial charge is 0.164 e. The van der Waals surface area contributed by atoms with E-state index in [9.17, 15) is 0 Å². The predicted octanol–water partition coefficient (Wildman–Crippen LogP) is 3.89. The normalized spacial score (nSPS) is 10.1. The van der Waals surface area contributed by atoms with E-state index in [2.05, 4.69) is 22.6 Å². The van der Waals surface area contributed by atoms with E-state index in [0.29, 0.717) is 18.1 Å². The molecule has 0 bridgehead atoms. The Morgan fingerprint density at radius 3 is 2.16 bits per heavy atom. The van der Waals surface area contributed by atoms with E-state index in [1.54, 1.807) is 14.2 Å². The quantitative estimate of drug-likeness (QED) is 0.748. The van der Waals surface area contributed by atoms with E-state index in [1.165, 1.54) is 0 Å². The van der Waals surface area contributed by atoms with Crippen LogP contribution in [0.5, 0.6) is 17.2 Å². The lowest BCUT2D eigenvalue weighted by atomic mass is 10.2. The van der Waals surface area contributed by atoms with Crippen molar-refractivity contribution in [3.63, 3.8) is 0 Å². The van der Waals surface area contributed by atoms with Crippen LogP contribution in [0, 0.1) is 3.57 Å². The highest BCUT2D eigenvalue weighted by molar-refractivity contribution is 14.1. The van der Waals surface area contributed by atoms with Gasteiger partial charge in [0.1, 0.15) is 12.4 Å². The second-order valence-electron chi connectivity index (χ2n) is 3.91. The SMILES string of the molecule is COc1cc(I)c(OCc2ccccc2)cc1OC. The molecule has 4 heteroatoms. The van der Waals surface area contributed by atoms with Crippen LogP contribution in [-0.2, 0) is 6.61 Å². The summed E-state index contributed by atoms with van der Waals surface area (Å²) in [5.74, 6) is 2.17. The van der Waals surface area contributed by atoms with Crippen LogP contribution in [0.2, 0.25) is 0 Å². The summed E-state index contributed by atoms with van der Waals surface area (Å²) < 4.78 is 17.3. The van der Waals surface area contributed by atoms with Gasteiger partial charge in [-0.1, -0.05) is 30.3 Å².